The molecule has 0 bridgehead atoms. The number of aliphatic hydroxyl groups excluding tert-OH is 1. The molecule has 66 valence electrons. The van der Waals surface area contributed by atoms with E-state index in [0.717, 1.165) is 12.0 Å². The molecule has 0 aromatic heterocycles. The first kappa shape index (κ1) is 9.11. The molecule has 1 heteroatoms. The van der Waals surface area contributed by atoms with E-state index in [1.807, 2.05) is 19.9 Å². The second-order valence-corrected chi connectivity index (χ2v) is 3.34. The molecular weight excluding hydrogens is 148 g/mol. The maximum absolute atomic E-state index is 9.62. The van der Waals surface area contributed by atoms with Crippen molar-refractivity contribution in [3.05, 3.63) is 35.1 Å². The van der Waals surface area contributed by atoms with Crippen LogP contribution in [0.15, 0.2) is 35.1 Å². The molecule has 0 amide bonds. The Labute approximate surface area is 74.1 Å². The minimum absolute atomic E-state index is 0.221. The van der Waals surface area contributed by atoms with Crippen LogP contribution in [0, 0.1) is 5.92 Å². The Hall–Kier alpha value is -0.980. The zero-order valence-electron chi connectivity index (χ0n) is 7.96. The van der Waals surface area contributed by atoms with Gasteiger partial charge in [0.05, 0.1) is 5.76 Å². The molecule has 0 aliphatic heterocycles. The third-order valence-corrected chi connectivity index (χ3v) is 2.41. The van der Waals surface area contributed by atoms with Crippen LogP contribution in [0.3, 0.4) is 0 Å². The average Bonchev–Trinajstić information content (AvgIpc) is 2.03. The fraction of sp³-hybridized carbons (Fsp3) is 0.455. The molecule has 0 aromatic carbocycles. The highest BCUT2D eigenvalue weighted by Gasteiger charge is 2.16. The summed E-state index contributed by atoms with van der Waals surface area (Å²) in [7, 11) is 0. The Kier molecular flexibility index (Phi) is 2.74. The van der Waals surface area contributed by atoms with E-state index >= 15 is 0 Å². The van der Waals surface area contributed by atoms with E-state index in [-0.39, 0.29) is 5.92 Å². The molecule has 1 atom stereocenters. The Balaban J connectivity index is 2.81. The Bertz CT molecular complexity index is 256. The SMILES string of the molecule is C/C=C(\C)C1CC=C(C)C=C1O. The van der Waals surface area contributed by atoms with Crippen LogP contribution in [0.2, 0.25) is 0 Å². The third kappa shape index (κ3) is 1.79. The molecule has 12 heavy (non-hydrogen) atoms. The van der Waals surface area contributed by atoms with E-state index in [0.29, 0.717) is 5.76 Å². The van der Waals surface area contributed by atoms with Crippen LogP contribution in [0.5, 0.6) is 0 Å². The van der Waals surface area contributed by atoms with Gasteiger partial charge in [-0.1, -0.05) is 23.3 Å². The minimum atomic E-state index is 0.221. The van der Waals surface area contributed by atoms with Crippen molar-refractivity contribution < 1.29 is 5.11 Å². The molecule has 0 fully saturated rings. The lowest BCUT2D eigenvalue weighted by Crippen LogP contribution is -2.08. The van der Waals surface area contributed by atoms with Gasteiger partial charge in [-0.2, -0.15) is 0 Å². The highest BCUT2D eigenvalue weighted by atomic mass is 16.3. The van der Waals surface area contributed by atoms with Gasteiger partial charge in [0.2, 0.25) is 0 Å². The minimum Gasteiger partial charge on any atom is -0.512 e. The first-order valence-electron chi connectivity index (χ1n) is 4.35. The summed E-state index contributed by atoms with van der Waals surface area (Å²) < 4.78 is 0. The summed E-state index contributed by atoms with van der Waals surface area (Å²) >= 11 is 0. The maximum atomic E-state index is 9.62. The zero-order chi connectivity index (χ0) is 9.14. The van der Waals surface area contributed by atoms with E-state index in [9.17, 15) is 5.11 Å². The number of hydrogen-bond acceptors (Lipinski definition) is 1. The molecule has 1 unspecified atom stereocenters. The Morgan fingerprint density at radius 2 is 2.33 bits per heavy atom. The lowest BCUT2D eigenvalue weighted by Gasteiger charge is -2.19. The summed E-state index contributed by atoms with van der Waals surface area (Å²) in [4.78, 5) is 0. The summed E-state index contributed by atoms with van der Waals surface area (Å²) in [6.45, 7) is 6.08. The average molecular weight is 164 g/mol. The van der Waals surface area contributed by atoms with Gasteiger partial charge < -0.3 is 5.11 Å². The molecule has 0 spiro atoms. The predicted molar refractivity (Wildman–Crippen MR) is 52.0 cm³/mol. The van der Waals surface area contributed by atoms with Crippen LogP contribution in [0.4, 0.5) is 0 Å². The summed E-state index contributed by atoms with van der Waals surface area (Å²) in [6.07, 6.45) is 7.01. The molecular formula is C11H16O. The molecule has 1 aliphatic rings. The predicted octanol–water partition coefficient (Wildman–Crippen LogP) is 3.36. The number of hydrogen-bond donors (Lipinski definition) is 1. The van der Waals surface area contributed by atoms with Crippen molar-refractivity contribution in [2.24, 2.45) is 5.92 Å². The van der Waals surface area contributed by atoms with E-state index in [1.165, 1.54) is 5.57 Å². The largest absolute Gasteiger partial charge is 0.512 e. The Morgan fingerprint density at radius 1 is 1.67 bits per heavy atom. The quantitative estimate of drug-likeness (QED) is 0.589. The summed E-state index contributed by atoms with van der Waals surface area (Å²) in [5, 5.41) is 9.62. The molecule has 0 saturated heterocycles. The molecule has 1 nitrogen and oxygen atoms in total. The summed E-state index contributed by atoms with van der Waals surface area (Å²) in [5.41, 5.74) is 2.40. The number of allylic oxidation sites excluding steroid dienone is 5. The topological polar surface area (TPSA) is 20.2 Å². The van der Waals surface area contributed by atoms with Crippen LogP contribution in [-0.4, -0.2) is 5.11 Å². The van der Waals surface area contributed by atoms with Crippen molar-refractivity contribution in [3.8, 4) is 0 Å². The van der Waals surface area contributed by atoms with Gasteiger partial charge in [-0.15, -0.1) is 0 Å². The smallest absolute Gasteiger partial charge is 0.0999 e. The van der Waals surface area contributed by atoms with E-state index < -0.39 is 0 Å². The van der Waals surface area contributed by atoms with Crippen molar-refractivity contribution in [1.82, 2.24) is 0 Å². The standard InChI is InChI=1S/C11H16O/c1-4-9(3)10-6-5-8(2)7-11(10)12/h4-5,7,10,12H,6H2,1-3H3/b9-4+. The normalized spacial score (nSPS) is 24.9. The zero-order valence-corrected chi connectivity index (χ0v) is 7.96. The van der Waals surface area contributed by atoms with Gasteiger partial charge in [-0.05, 0) is 33.3 Å². The monoisotopic (exact) mass is 164 g/mol. The van der Waals surface area contributed by atoms with Gasteiger partial charge in [-0.3, -0.25) is 0 Å². The molecule has 0 saturated carbocycles. The van der Waals surface area contributed by atoms with Crippen LogP contribution in [0.25, 0.3) is 0 Å². The summed E-state index contributed by atoms with van der Waals surface area (Å²) in [6, 6.07) is 0. The molecule has 0 heterocycles. The van der Waals surface area contributed by atoms with E-state index in [2.05, 4.69) is 19.1 Å². The lowest BCUT2D eigenvalue weighted by molar-refractivity contribution is 0.346. The fourth-order valence-electron chi connectivity index (χ4n) is 1.44. The molecule has 0 radical (unpaired) electrons. The molecule has 0 aromatic rings. The van der Waals surface area contributed by atoms with Crippen molar-refractivity contribution >= 4 is 0 Å². The van der Waals surface area contributed by atoms with Crippen molar-refractivity contribution in [2.45, 2.75) is 27.2 Å². The van der Waals surface area contributed by atoms with Gasteiger partial charge >= 0.3 is 0 Å². The second kappa shape index (κ2) is 3.61. The number of aliphatic hydroxyl groups is 1. The van der Waals surface area contributed by atoms with Crippen LogP contribution >= 0.6 is 0 Å². The molecule has 1 aliphatic carbocycles. The van der Waals surface area contributed by atoms with Gasteiger partial charge in [0.1, 0.15) is 0 Å². The first-order chi connectivity index (χ1) is 5.65. The van der Waals surface area contributed by atoms with Gasteiger partial charge in [-0.25, -0.2) is 0 Å². The van der Waals surface area contributed by atoms with Crippen molar-refractivity contribution in [1.29, 1.82) is 0 Å². The van der Waals surface area contributed by atoms with Crippen LogP contribution < -0.4 is 0 Å². The number of rotatable bonds is 1. The van der Waals surface area contributed by atoms with Gasteiger partial charge in [0.25, 0.3) is 0 Å². The van der Waals surface area contributed by atoms with Gasteiger partial charge in [0, 0.05) is 5.92 Å². The fourth-order valence-corrected chi connectivity index (χ4v) is 1.44. The van der Waals surface area contributed by atoms with Crippen LogP contribution in [-0.2, 0) is 0 Å². The first-order valence-corrected chi connectivity index (χ1v) is 4.35. The summed E-state index contributed by atoms with van der Waals surface area (Å²) in [5.74, 6) is 0.726. The maximum Gasteiger partial charge on any atom is 0.0999 e. The third-order valence-electron chi connectivity index (χ3n) is 2.41. The molecule has 1 N–H and O–H groups in total. The Morgan fingerprint density at radius 3 is 2.83 bits per heavy atom. The van der Waals surface area contributed by atoms with Crippen LogP contribution in [0.1, 0.15) is 27.2 Å². The van der Waals surface area contributed by atoms with Crippen molar-refractivity contribution in [3.63, 3.8) is 0 Å². The molecule has 1 rings (SSSR count). The lowest BCUT2D eigenvalue weighted by atomic mass is 9.89. The highest BCUT2D eigenvalue weighted by Crippen LogP contribution is 2.27. The van der Waals surface area contributed by atoms with Crippen molar-refractivity contribution in [2.75, 3.05) is 0 Å². The second-order valence-electron chi connectivity index (χ2n) is 3.34. The van der Waals surface area contributed by atoms with Gasteiger partial charge in [0.15, 0.2) is 0 Å². The van der Waals surface area contributed by atoms with E-state index in [1.54, 1.807) is 0 Å². The highest BCUT2D eigenvalue weighted by molar-refractivity contribution is 5.29. The van der Waals surface area contributed by atoms with E-state index in [4.69, 9.17) is 0 Å².